The maximum Gasteiger partial charge on any atom is 0.319 e. The first-order valence-electron chi connectivity index (χ1n) is 7.02. The summed E-state index contributed by atoms with van der Waals surface area (Å²) in [6.07, 6.45) is 0. The van der Waals surface area contributed by atoms with Crippen LogP contribution in [-0.2, 0) is 4.79 Å². The monoisotopic (exact) mass is 270 g/mol. The zero-order valence-corrected chi connectivity index (χ0v) is 13.5. The molecule has 0 N–H and O–H groups in total. The second-order valence-corrected chi connectivity index (χ2v) is 10.4. The van der Waals surface area contributed by atoms with Crippen LogP contribution >= 0.6 is 0 Å². The number of nitrogens with zero attached hydrogens (tertiary/aromatic N) is 2. The highest BCUT2D eigenvalue weighted by molar-refractivity contribution is 6.81. The summed E-state index contributed by atoms with van der Waals surface area (Å²) in [5, 5.41) is 0. The van der Waals surface area contributed by atoms with Gasteiger partial charge in [0.1, 0.15) is 6.04 Å². The van der Waals surface area contributed by atoms with E-state index in [0.29, 0.717) is 0 Å². The predicted molar refractivity (Wildman–Crippen MR) is 75.9 cm³/mol. The van der Waals surface area contributed by atoms with Gasteiger partial charge in [-0.2, -0.15) is 0 Å². The predicted octanol–water partition coefficient (Wildman–Crippen LogP) is 3.05. The van der Waals surface area contributed by atoms with E-state index in [2.05, 4.69) is 20.8 Å². The minimum atomic E-state index is -1.95. The minimum Gasteiger partial charge on any atom is -0.311 e. The Kier molecular flexibility index (Phi) is 4.59. The van der Waals surface area contributed by atoms with Gasteiger partial charge < -0.3 is 4.90 Å². The van der Waals surface area contributed by atoms with Gasteiger partial charge in [0.15, 0.2) is 8.24 Å². The summed E-state index contributed by atoms with van der Waals surface area (Å²) in [4.78, 5) is 26.7. The molecule has 3 amide bonds. The zero-order chi connectivity index (χ0) is 14.1. The lowest BCUT2D eigenvalue weighted by Gasteiger charge is -2.36. The molecule has 0 bridgehead atoms. The molecule has 0 spiro atoms. The Hall–Kier alpha value is -0.843. The number of carbonyl (C=O) groups excluding carboxylic acids is 2. The Morgan fingerprint density at radius 1 is 1.11 bits per heavy atom. The number of hydrogen-bond donors (Lipinski definition) is 0. The molecular formula is C13H26N2O2Si. The Labute approximate surface area is 111 Å². The van der Waals surface area contributed by atoms with Crippen LogP contribution in [0.5, 0.6) is 0 Å². The standard InChI is InChI=1S/C13H26N2O2Si/c1-7-18(8-2,9-3)15-12(16)11(6)14(10(4)5)13(15)17/h10-11H,7-9H2,1-6H3. The van der Waals surface area contributed by atoms with Crippen molar-refractivity contribution in [1.29, 1.82) is 0 Å². The normalized spacial score (nSPS) is 21.4. The van der Waals surface area contributed by atoms with E-state index in [4.69, 9.17) is 0 Å². The number of amides is 3. The summed E-state index contributed by atoms with van der Waals surface area (Å²) in [6.45, 7) is 12.1. The smallest absolute Gasteiger partial charge is 0.311 e. The van der Waals surface area contributed by atoms with Gasteiger partial charge in [0.25, 0.3) is 0 Å². The Bertz CT molecular complexity index is 332. The molecular weight excluding hydrogens is 244 g/mol. The van der Waals surface area contributed by atoms with E-state index < -0.39 is 8.24 Å². The molecule has 1 heterocycles. The summed E-state index contributed by atoms with van der Waals surface area (Å²) in [7, 11) is -1.95. The lowest BCUT2D eigenvalue weighted by atomic mass is 10.2. The third kappa shape index (κ3) is 2.09. The molecule has 1 aliphatic rings. The van der Waals surface area contributed by atoms with Crippen molar-refractivity contribution in [1.82, 2.24) is 9.47 Å². The van der Waals surface area contributed by atoms with E-state index in [-0.39, 0.29) is 24.0 Å². The van der Waals surface area contributed by atoms with Crippen LogP contribution in [0, 0.1) is 0 Å². The molecule has 1 saturated heterocycles. The molecule has 0 aromatic rings. The molecule has 0 aromatic heterocycles. The van der Waals surface area contributed by atoms with Crippen LogP contribution in [0.2, 0.25) is 18.1 Å². The van der Waals surface area contributed by atoms with Crippen LogP contribution in [0.4, 0.5) is 4.79 Å². The Morgan fingerprint density at radius 3 is 1.83 bits per heavy atom. The van der Waals surface area contributed by atoms with Crippen molar-refractivity contribution in [3.63, 3.8) is 0 Å². The number of hydrogen-bond acceptors (Lipinski definition) is 2. The van der Waals surface area contributed by atoms with Crippen molar-refractivity contribution in [2.24, 2.45) is 0 Å². The quantitative estimate of drug-likeness (QED) is 0.569. The van der Waals surface area contributed by atoms with Crippen LogP contribution < -0.4 is 0 Å². The van der Waals surface area contributed by atoms with E-state index in [9.17, 15) is 9.59 Å². The fourth-order valence-electron chi connectivity index (χ4n) is 3.01. The summed E-state index contributed by atoms with van der Waals surface area (Å²) >= 11 is 0. The van der Waals surface area contributed by atoms with Crippen molar-refractivity contribution in [2.45, 2.75) is 71.8 Å². The molecule has 0 radical (unpaired) electrons. The van der Waals surface area contributed by atoms with Crippen LogP contribution in [0.25, 0.3) is 0 Å². The van der Waals surface area contributed by atoms with Gasteiger partial charge in [0, 0.05) is 6.04 Å². The van der Waals surface area contributed by atoms with Gasteiger partial charge in [0.05, 0.1) is 0 Å². The molecule has 0 aliphatic carbocycles. The summed E-state index contributed by atoms with van der Waals surface area (Å²) in [6, 6.07) is 2.59. The van der Waals surface area contributed by atoms with Crippen molar-refractivity contribution in [3.05, 3.63) is 0 Å². The Morgan fingerprint density at radius 2 is 1.56 bits per heavy atom. The molecule has 104 valence electrons. The van der Waals surface area contributed by atoms with E-state index in [1.807, 2.05) is 20.8 Å². The second kappa shape index (κ2) is 5.43. The molecule has 5 heteroatoms. The van der Waals surface area contributed by atoms with Crippen molar-refractivity contribution in [3.8, 4) is 0 Å². The third-order valence-corrected chi connectivity index (χ3v) is 9.72. The van der Waals surface area contributed by atoms with Gasteiger partial charge >= 0.3 is 6.03 Å². The Balaban J connectivity index is 3.18. The van der Waals surface area contributed by atoms with Crippen molar-refractivity contribution >= 4 is 20.2 Å². The lowest BCUT2D eigenvalue weighted by Crippen LogP contribution is -2.56. The van der Waals surface area contributed by atoms with E-state index in [1.54, 1.807) is 9.47 Å². The van der Waals surface area contributed by atoms with Crippen LogP contribution in [0.1, 0.15) is 41.5 Å². The molecule has 1 atom stereocenters. The number of imide groups is 1. The number of rotatable bonds is 5. The topological polar surface area (TPSA) is 40.6 Å². The number of urea groups is 1. The molecule has 4 nitrogen and oxygen atoms in total. The van der Waals surface area contributed by atoms with Crippen LogP contribution in [-0.4, -0.2) is 41.7 Å². The van der Waals surface area contributed by atoms with Gasteiger partial charge in [-0.05, 0) is 38.9 Å². The first kappa shape index (κ1) is 15.2. The molecule has 1 rings (SSSR count). The number of carbonyl (C=O) groups is 2. The molecule has 1 aliphatic heterocycles. The lowest BCUT2D eigenvalue weighted by molar-refractivity contribution is -0.125. The maximum atomic E-state index is 12.6. The second-order valence-electron chi connectivity index (χ2n) is 5.42. The highest BCUT2D eigenvalue weighted by Gasteiger charge is 2.52. The highest BCUT2D eigenvalue weighted by Crippen LogP contribution is 2.32. The van der Waals surface area contributed by atoms with E-state index in [0.717, 1.165) is 18.1 Å². The average Bonchev–Trinajstić information content (AvgIpc) is 2.56. The molecule has 1 unspecified atom stereocenters. The summed E-state index contributed by atoms with van der Waals surface area (Å²) < 4.78 is 1.66. The van der Waals surface area contributed by atoms with Crippen molar-refractivity contribution in [2.75, 3.05) is 0 Å². The van der Waals surface area contributed by atoms with Gasteiger partial charge in [-0.1, -0.05) is 20.8 Å². The SMILES string of the molecule is CC[Si](CC)(CC)N1C(=O)C(C)N(C(C)C)C1=O. The average molecular weight is 270 g/mol. The maximum absolute atomic E-state index is 12.6. The van der Waals surface area contributed by atoms with Gasteiger partial charge in [0.2, 0.25) is 5.91 Å². The van der Waals surface area contributed by atoms with Crippen molar-refractivity contribution < 1.29 is 9.59 Å². The molecule has 0 saturated carbocycles. The third-order valence-electron chi connectivity index (χ3n) is 4.41. The van der Waals surface area contributed by atoms with Gasteiger partial charge in [-0.15, -0.1) is 0 Å². The largest absolute Gasteiger partial charge is 0.319 e. The fraction of sp³-hybridized carbons (Fsp3) is 0.846. The van der Waals surface area contributed by atoms with E-state index >= 15 is 0 Å². The van der Waals surface area contributed by atoms with Crippen LogP contribution in [0.15, 0.2) is 0 Å². The molecule has 1 fully saturated rings. The molecule has 0 aromatic carbocycles. The first-order valence-corrected chi connectivity index (χ1v) is 9.59. The van der Waals surface area contributed by atoms with Gasteiger partial charge in [-0.25, -0.2) is 4.79 Å². The highest BCUT2D eigenvalue weighted by atomic mass is 28.3. The fourth-order valence-corrected chi connectivity index (χ4v) is 6.63. The van der Waals surface area contributed by atoms with Crippen LogP contribution in [0.3, 0.4) is 0 Å². The van der Waals surface area contributed by atoms with Gasteiger partial charge in [-0.3, -0.25) is 9.36 Å². The van der Waals surface area contributed by atoms with E-state index in [1.165, 1.54) is 0 Å². The molecule has 18 heavy (non-hydrogen) atoms. The summed E-state index contributed by atoms with van der Waals surface area (Å²) in [5.41, 5.74) is 0. The summed E-state index contributed by atoms with van der Waals surface area (Å²) in [5.74, 6) is 0.0194. The first-order chi connectivity index (χ1) is 8.36. The zero-order valence-electron chi connectivity index (χ0n) is 12.5. The minimum absolute atomic E-state index is 0.0194.